The van der Waals surface area contributed by atoms with Gasteiger partial charge in [0.05, 0.1) is 21.9 Å². The number of fused-ring (bicyclic) bond motifs is 1. The Balaban J connectivity index is 1.74. The Bertz CT molecular complexity index is 639. The van der Waals surface area contributed by atoms with E-state index >= 15 is 0 Å². The van der Waals surface area contributed by atoms with Crippen LogP contribution in [-0.2, 0) is 22.7 Å². The predicted octanol–water partition coefficient (Wildman–Crippen LogP) is 2.32. The molecule has 6 heteroatoms. The van der Waals surface area contributed by atoms with Gasteiger partial charge in [0, 0.05) is 4.88 Å². The van der Waals surface area contributed by atoms with E-state index in [1.54, 1.807) is 11.3 Å². The van der Waals surface area contributed by atoms with Crippen LogP contribution in [-0.4, -0.2) is 31.4 Å². The van der Waals surface area contributed by atoms with Gasteiger partial charge in [0.25, 0.3) is 5.91 Å². The fraction of sp³-hybridized carbons (Fsp3) is 0.667. The van der Waals surface area contributed by atoms with Crippen molar-refractivity contribution >= 4 is 27.1 Å². The van der Waals surface area contributed by atoms with E-state index < -0.39 is 15.4 Å². The highest BCUT2D eigenvalue weighted by Crippen LogP contribution is 2.30. The van der Waals surface area contributed by atoms with E-state index in [4.69, 9.17) is 0 Å². The average molecular weight is 327 g/mol. The standard InChI is InChI=1S/C15H21NO3S2/c1-15(7-8-21(18,19)10-15)16-14(17)13-9-11-5-3-2-4-6-12(11)20-13/h9H,2-8,10H2,1H3,(H,16,17). The Morgan fingerprint density at radius 1 is 1.29 bits per heavy atom. The number of sulfone groups is 1. The normalized spacial score (nSPS) is 27.9. The average Bonchev–Trinajstić information content (AvgIpc) is 2.83. The third kappa shape index (κ3) is 3.31. The highest BCUT2D eigenvalue weighted by molar-refractivity contribution is 7.91. The summed E-state index contributed by atoms with van der Waals surface area (Å²) in [6.07, 6.45) is 6.29. The molecule has 0 spiro atoms. The zero-order chi connectivity index (χ0) is 15.1. The van der Waals surface area contributed by atoms with Crippen molar-refractivity contribution in [3.05, 3.63) is 21.4 Å². The van der Waals surface area contributed by atoms with Crippen LogP contribution in [0, 0.1) is 0 Å². The molecule has 2 heterocycles. The van der Waals surface area contributed by atoms with E-state index in [0.29, 0.717) is 6.42 Å². The summed E-state index contributed by atoms with van der Waals surface area (Å²) in [5, 5.41) is 2.94. The van der Waals surface area contributed by atoms with Gasteiger partial charge >= 0.3 is 0 Å². The minimum atomic E-state index is -3.00. The summed E-state index contributed by atoms with van der Waals surface area (Å²) in [4.78, 5) is 14.5. The molecule has 1 aliphatic heterocycles. The van der Waals surface area contributed by atoms with Gasteiger partial charge in [0.2, 0.25) is 0 Å². The number of amides is 1. The number of hydrogen-bond donors (Lipinski definition) is 1. The maximum Gasteiger partial charge on any atom is 0.261 e. The first-order chi connectivity index (χ1) is 9.87. The van der Waals surface area contributed by atoms with Crippen LogP contribution in [0.25, 0.3) is 0 Å². The topological polar surface area (TPSA) is 63.2 Å². The number of nitrogens with one attached hydrogen (secondary N) is 1. The molecule has 1 saturated heterocycles. The molecule has 1 aromatic rings. The largest absolute Gasteiger partial charge is 0.345 e. The van der Waals surface area contributed by atoms with Gasteiger partial charge in [-0.25, -0.2) is 8.42 Å². The number of carbonyl (C=O) groups is 1. The first kappa shape index (κ1) is 15.0. The second kappa shape index (κ2) is 5.39. The van der Waals surface area contributed by atoms with Crippen molar-refractivity contribution in [1.82, 2.24) is 5.32 Å². The van der Waals surface area contributed by atoms with E-state index in [1.165, 1.54) is 29.7 Å². The number of carbonyl (C=O) groups excluding carboxylic acids is 1. The van der Waals surface area contributed by atoms with Gasteiger partial charge in [0.1, 0.15) is 0 Å². The van der Waals surface area contributed by atoms with Crippen molar-refractivity contribution in [3.63, 3.8) is 0 Å². The maximum atomic E-state index is 12.4. The van der Waals surface area contributed by atoms with Gasteiger partial charge in [-0.05, 0) is 50.7 Å². The molecule has 116 valence electrons. The molecule has 1 atom stereocenters. The van der Waals surface area contributed by atoms with Crippen LogP contribution in [0.2, 0.25) is 0 Å². The van der Waals surface area contributed by atoms with Gasteiger partial charge in [-0.15, -0.1) is 11.3 Å². The smallest absolute Gasteiger partial charge is 0.261 e. The Hall–Kier alpha value is -0.880. The maximum absolute atomic E-state index is 12.4. The second-order valence-electron chi connectivity index (χ2n) is 6.48. The van der Waals surface area contributed by atoms with Crippen molar-refractivity contribution in [1.29, 1.82) is 0 Å². The molecule has 0 bridgehead atoms. The summed E-state index contributed by atoms with van der Waals surface area (Å²) in [6, 6.07) is 2.01. The highest BCUT2D eigenvalue weighted by atomic mass is 32.2. The van der Waals surface area contributed by atoms with Crippen LogP contribution in [0.3, 0.4) is 0 Å². The molecule has 1 unspecified atom stereocenters. The first-order valence-electron chi connectivity index (χ1n) is 7.51. The van der Waals surface area contributed by atoms with Crippen LogP contribution < -0.4 is 5.32 Å². The molecular formula is C15H21NO3S2. The number of aryl methyl sites for hydroxylation is 2. The zero-order valence-electron chi connectivity index (χ0n) is 12.3. The Labute approximate surface area is 129 Å². The van der Waals surface area contributed by atoms with E-state index in [2.05, 4.69) is 5.32 Å². The molecule has 1 N–H and O–H groups in total. The van der Waals surface area contributed by atoms with Gasteiger partial charge in [0.15, 0.2) is 9.84 Å². The highest BCUT2D eigenvalue weighted by Gasteiger charge is 2.39. The predicted molar refractivity (Wildman–Crippen MR) is 84.7 cm³/mol. The Morgan fingerprint density at radius 2 is 2.05 bits per heavy atom. The lowest BCUT2D eigenvalue weighted by Gasteiger charge is -2.23. The summed E-state index contributed by atoms with van der Waals surface area (Å²) < 4.78 is 23.2. The van der Waals surface area contributed by atoms with E-state index in [1.807, 2.05) is 13.0 Å². The number of thiophene rings is 1. The molecular weight excluding hydrogens is 306 g/mol. The van der Waals surface area contributed by atoms with Crippen molar-refractivity contribution in [2.24, 2.45) is 0 Å². The molecule has 1 aromatic heterocycles. The van der Waals surface area contributed by atoms with Gasteiger partial charge in [-0.2, -0.15) is 0 Å². The second-order valence-corrected chi connectivity index (χ2v) is 9.80. The lowest BCUT2D eigenvalue weighted by atomic mass is 10.0. The monoisotopic (exact) mass is 327 g/mol. The Morgan fingerprint density at radius 3 is 2.76 bits per heavy atom. The third-order valence-corrected chi connectivity index (χ3v) is 7.53. The molecule has 3 rings (SSSR count). The summed E-state index contributed by atoms with van der Waals surface area (Å²) in [5.74, 6) is 0.106. The summed E-state index contributed by atoms with van der Waals surface area (Å²) in [6.45, 7) is 1.83. The molecule has 1 aliphatic carbocycles. The van der Waals surface area contributed by atoms with Crippen molar-refractivity contribution in [2.75, 3.05) is 11.5 Å². The molecule has 0 radical (unpaired) electrons. The minimum absolute atomic E-state index is 0.0524. The first-order valence-corrected chi connectivity index (χ1v) is 10.2. The summed E-state index contributed by atoms with van der Waals surface area (Å²) in [5.41, 5.74) is 0.698. The van der Waals surface area contributed by atoms with Gasteiger partial charge in [-0.3, -0.25) is 4.79 Å². The van der Waals surface area contributed by atoms with Crippen molar-refractivity contribution in [3.8, 4) is 0 Å². The number of hydrogen-bond acceptors (Lipinski definition) is 4. The summed E-state index contributed by atoms with van der Waals surface area (Å²) >= 11 is 1.58. The van der Waals surface area contributed by atoms with Crippen LogP contribution in [0.1, 0.15) is 52.7 Å². The van der Waals surface area contributed by atoms with E-state index in [0.717, 1.165) is 17.7 Å². The SMILES string of the molecule is CC1(NC(=O)c2cc3c(s2)CCCCC3)CCS(=O)(=O)C1. The molecule has 0 saturated carbocycles. The number of rotatable bonds is 2. The van der Waals surface area contributed by atoms with Gasteiger partial charge < -0.3 is 5.32 Å². The summed E-state index contributed by atoms with van der Waals surface area (Å²) in [7, 11) is -3.00. The van der Waals surface area contributed by atoms with Gasteiger partial charge in [-0.1, -0.05) is 6.42 Å². The minimum Gasteiger partial charge on any atom is -0.345 e. The van der Waals surface area contributed by atoms with Crippen molar-refractivity contribution < 1.29 is 13.2 Å². The van der Waals surface area contributed by atoms with Crippen LogP contribution >= 0.6 is 11.3 Å². The van der Waals surface area contributed by atoms with Crippen LogP contribution in [0.15, 0.2) is 6.07 Å². The third-order valence-electron chi connectivity index (χ3n) is 4.39. The fourth-order valence-electron chi connectivity index (χ4n) is 3.22. The van der Waals surface area contributed by atoms with E-state index in [-0.39, 0.29) is 17.4 Å². The molecule has 2 aliphatic rings. The molecule has 0 aromatic carbocycles. The molecule has 1 amide bonds. The van der Waals surface area contributed by atoms with Crippen molar-refractivity contribution in [2.45, 2.75) is 51.0 Å². The van der Waals surface area contributed by atoms with E-state index in [9.17, 15) is 13.2 Å². The van der Waals surface area contributed by atoms with Crippen LogP contribution in [0.5, 0.6) is 0 Å². The molecule has 1 fully saturated rings. The lowest BCUT2D eigenvalue weighted by Crippen LogP contribution is -2.46. The zero-order valence-corrected chi connectivity index (χ0v) is 13.9. The van der Waals surface area contributed by atoms with Crippen LogP contribution in [0.4, 0.5) is 0 Å². The quantitative estimate of drug-likeness (QED) is 0.848. The lowest BCUT2D eigenvalue weighted by molar-refractivity contribution is 0.0919. The molecule has 21 heavy (non-hydrogen) atoms. The molecule has 4 nitrogen and oxygen atoms in total. The fourth-order valence-corrected chi connectivity index (χ4v) is 6.47. The Kier molecular flexibility index (Phi) is 3.86.